The van der Waals surface area contributed by atoms with Gasteiger partial charge in [0.05, 0.1) is 7.11 Å². The van der Waals surface area contributed by atoms with Gasteiger partial charge in [-0.15, -0.1) is 0 Å². The predicted octanol–water partition coefficient (Wildman–Crippen LogP) is 3.75. The lowest BCUT2D eigenvalue weighted by atomic mass is 10.0. The van der Waals surface area contributed by atoms with E-state index in [-0.39, 0.29) is 6.04 Å². The zero-order valence-corrected chi connectivity index (χ0v) is 15.7. The first-order chi connectivity index (χ1) is 10.1. The van der Waals surface area contributed by atoms with Crippen molar-refractivity contribution in [2.24, 2.45) is 0 Å². The third-order valence-electron chi connectivity index (χ3n) is 3.11. The Morgan fingerprint density at radius 1 is 1.33 bits per heavy atom. The Labute approximate surface area is 147 Å². The lowest BCUT2D eigenvalue weighted by Gasteiger charge is -2.20. The van der Waals surface area contributed by atoms with Gasteiger partial charge < -0.3 is 10.1 Å². The van der Waals surface area contributed by atoms with Gasteiger partial charge in [-0.05, 0) is 52.9 Å². The monoisotopic (exact) mass is 461 g/mol. The number of hydrogen-bond donors (Lipinski definition) is 1. The van der Waals surface area contributed by atoms with Crippen LogP contribution in [0.25, 0.3) is 0 Å². The Morgan fingerprint density at radius 3 is 2.86 bits per heavy atom. The molecule has 0 saturated carbocycles. The second-order valence-electron chi connectivity index (χ2n) is 4.53. The first-order valence-corrected chi connectivity index (χ1v) is 8.54. The average molecular weight is 462 g/mol. The van der Waals surface area contributed by atoms with E-state index in [4.69, 9.17) is 4.74 Å². The van der Waals surface area contributed by atoms with Gasteiger partial charge in [0.25, 0.3) is 0 Å². The van der Waals surface area contributed by atoms with Gasteiger partial charge in [0.1, 0.15) is 6.33 Å². The van der Waals surface area contributed by atoms with E-state index >= 15 is 0 Å². The highest BCUT2D eigenvalue weighted by molar-refractivity contribution is 14.1. The Kier molecular flexibility index (Phi) is 6.38. The molecule has 0 spiro atoms. The van der Waals surface area contributed by atoms with Crippen molar-refractivity contribution in [3.8, 4) is 5.88 Å². The molecule has 2 aromatic rings. The van der Waals surface area contributed by atoms with Gasteiger partial charge >= 0.3 is 0 Å². The minimum atomic E-state index is 0.207. The first-order valence-electron chi connectivity index (χ1n) is 6.67. The zero-order valence-electron chi connectivity index (χ0n) is 11.9. The second-order valence-corrected chi connectivity index (χ2v) is 6.61. The van der Waals surface area contributed by atoms with Crippen molar-refractivity contribution in [1.82, 2.24) is 15.3 Å². The van der Waals surface area contributed by atoms with Crippen molar-refractivity contribution in [1.29, 1.82) is 0 Å². The number of aromatic nitrogens is 2. The summed E-state index contributed by atoms with van der Waals surface area (Å²) in [4.78, 5) is 8.39. The molecular weight excluding hydrogens is 445 g/mol. The van der Waals surface area contributed by atoms with Crippen molar-refractivity contribution < 1.29 is 4.74 Å². The minimum absolute atomic E-state index is 0.207. The van der Waals surface area contributed by atoms with Crippen LogP contribution in [-0.4, -0.2) is 23.6 Å². The maximum Gasteiger partial charge on any atom is 0.216 e. The number of ether oxygens (including phenoxy) is 1. The van der Waals surface area contributed by atoms with Gasteiger partial charge in [-0.1, -0.05) is 22.9 Å². The lowest BCUT2D eigenvalue weighted by Crippen LogP contribution is -2.24. The van der Waals surface area contributed by atoms with Crippen LogP contribution in [0.5, 0.6) is 5.88 Å². The lowest BCUT2D eigenvalue weighted by molar-refractivity contribution is 0.395. The maximum atomic E-state index is 5.16. The molecule has 0 aliphatic rings. The molecule has 21 heavy (non-hydrogen) atoms. The number of hydrogen-bond acceptors (Lipinski definition) is 4. The van der Waals surface area contributed by atoms with E-state index in [2.05, 4.69) is 78.9 Å². The summed E-state index contributed by atoms with van der Waals surface area (Å²) in [6, 6.07) is 8.43. The van der Waals surface area contributed by atoms with Crippen LogP contribution in [0.3, 0.4) is 0 Å². The van der Waals surface area contributed by atoms with Crippen LogP contribution in [0.1, 0.15) is 24.2 Å². The molecule has 0 saturated heterocycles. The molecule has 6 heteroatoms. The smallest absolute Gasteiger partial charge is 0.216 e. The van der Waals surface area contributed by atoms with Crippen molar-refractivity contribution in [2.45, 2.75) is 19.4 Å². The Morgan fingerprint density at radius 2 is 2.14 bits per heavy atom. The summed E-state index contributed by atoms with van der Waals surface area (Å²) in [6.45, 7) is 3.01. The number of rotatable bonds is 6. The van der Waals surface area contributed by atoms with Gasteiger partial charge in [0.15, 0.2) is 0 Å². The predicted molar refractivity (Wildman–Crippen MR) is 95.6 cm³/mol. The van der Waals surface area contributed by atoms with E-state index in [0.717, 1.165) is 23.1 Å². The van der Waals surface area contributed by atoms with E-state index in [1.54, 1.807) is 13.4 Å². The average Bonchev–Trinajstić information content (AvgIpc) is 2.49. The zero-order chi connectivity index (χ0) is 15.2. The molecule has 0 bridgehead atoms. The molecule has 1 unspecified atom stereocenters. The SMILES string of the molecule is CCNC(Cc1cc(OC)ncn1)c1cc(Br)ccc1I. The van der Waals surface area contributed by atoms with Gasteiger partial charge in [-0.2, -0.15) is 0 Å². The van der Waals surface area contributed by atoms with Gasteiger partial charge in [-0.3, -0.25) is 0 Å². The topological polar surface area (TPSA) is 47.0 Å². The highest BCUT2D eigenvalue weighted by atomic mass is 127. The molecule has 1 heterocycles. The second kappa shape index (κ2) is 8.05. The fourth-order valence-electron chi connectivity index (χ4n) is 2.13. The third kappa shape index (κ3) is 4.62. The van der Waals surface area contributed by atoms with Gasteiger partial charge in [0, 0.05) is 32.3 Å². The highest BCUT2D eigenvalue weighted by Gasteiger charge is 2.16. The Balaban J connectivity index is 2.28. The molecule has 1 N–H and O–H groups in total. The third-order valence-corrected chi connectivity index (χ3v) is 4.58. The molecule has 112 valence electrons. The largest absolute Gasteiger partial charge is 0.481 e. The Hall–Kier alpha value is -0.730. The van der Waals surface area contributed by atoms with Crippen molar-refractivity contribution >= 4 is 38.5 Å². The van der Waals surface area contributed by atoms with E-state index in [0.29, 0.717) is 5.88 Å². The molecule has 4 nitrogen and oxygen atoms in total. The standard InChI is InChI=1S/C15H17BrIN3O/c1-3-18-14(12-6-10(16)4-5-13(12)17)7-11-8-15(21-2)20-9-19-11/h4-6,8-9,14,18H,3,7H2,1-2H3. The van der Waals surface area contributed by atoms with Crippen LogP contribution in [0.15, 0.2) is 35.1 Å². The summed E-state index contributed by atoms with van der Waals surface area (Å²) in [6.07, 6.45) is 2.34. The van der Waals surface area contributed by atoms with Crippen LogP contribution in [0.4, 0.5) is 0 Å². The van der Waals surface area contributed by atoms with Crippen LogP contribution < -0.4 is 10.1 Å². The van der Waals surface area contributed by atoms with Crippen molar-refractivity contribution in [3.05, 3.63) is 49.9 Å². The molecule has 2 rings (SSSR count). The molecule has 0 aliphatic heterocycles. The van der Waals surface area contributed by atoms with Crippen LogP contribution >= 0.6 is 38.5 Å². The van der Waals surface area contributed by atoms with E-state index in [1.165, 1.54) is 9.13 Å². The summed E-state index contributed by atoms with van der Waals surface area (Å²) < 4.78 is 7.49. The fourth-order valence-corrected chi connectivity index (χ4v) is 3.22. The molecule has 1 atom stereocenters. The number of benzene rings is 1. The molecule has 0 radical (unpaired) electrons. The first kappa shape index (κ1) is 16.6. The Bertz CT molecular complexity index is 609. The van der Waals surface area contributed by atoms with E-state index < -0.39 is 0 Å². The summed E-state index contributed by atoms with van der Waals surface area (Å²) in [5.41, 5.74) is 2.23. The molecule has 1 aromatic heterocycles. The van der Waals surface area contributed by atoms with E-state index in [1.807, 2.05) is 6.07 Å². The van der Waals surface area contributed by atoms with Crippen LogP contribution in [0, 0.1) is 3.57 Å². The quantitative estimate of drug-likeness (QED) is 0.665. The molecule has 0 fully saturated rings. The molecule has 1 aromatic carbocycles. The molecular formula is C15H17BrIN3O. The highest BCUT2D eigenvalue weighted by Crippen LogP contribution is 2.26. The number of likely N-dealkylation sites (N-methyl/N-ethyl adjacent to an activating group) is 1. The van der Waals surface area contributed by atoms with Crippen molar-refractivity contribution in [3.63, 3.8) is 0 Å². The normalized spacial score (nSPS) is 12.2. The number of methoxy groups -OCH3 is 1. The summed E-state index contributed by atoms with van der Waals surface area (Å²) in [7, 11) is 1.62. The van der Waals surface area contributed by atoms with Gasteiger partial charge in [0.2, 0.25) is 5.88 Å². The van der Waals surface area contributed by atoms with Crippen LogP contribution in [-0.2, 0) is 6.42 Å². The number of nitrogens with zero attached hydrogens (tertiary/aromatic N) is 2. The summed E-state index contributed by atoms with van der Waals surface area (Å²) >= 11 is 5.92. The van der Waals surface area contributed by atoms with Crippen LogP contribution in [0.2, 0.25) is 0 Å². The molecule has 0 aliphatic carbocycles. The fraction of sp³-hybridized carbons (Fsp3) is 0.333. The number of halogens is 2. The van der Waals surface area contributed by atoms with Crippen molar-refractivity contribution in [2.75, 3.05) is 13.7 Å². The molecule has 0 amide bonds. The minimum Gasteiger partial charge on any atom is -0.481 e. The summed E-state index contributed by atoms with van der Waals surface area (Å²) in [5, 5.41) is 3.53. The van der Waals surface area contributed by atoms with Gasteiger partial charge in [-0.25, -0.2) is 9.97 Å². The maximum absolute atomic E-state index is 5.16. The summed E-state index contributed by atoms with van der Waals surface area (Å²) in [5.74, 6) is 0.596. The van der Waals surface area contributed by atoms with E-state index in [9.17, 15) is 0 Å². The number of nitrogens with one attached hydrogen (secondary N) is 1.